The lowest BCUT2D eigenvalue weighted by molar-refractivity contribution is -0.140. The van der Waals surface area contributed by atoms with E-state index in [-0.39, 0.29) is 11.8 Å². The number of hydrogen-bond donors (Lipinski definition) is 1. The summed E-state index contributed by atoms with van der Waals surface area (Å²) in [5, 5.41) is 9.76. The molecule has 42 heavy (non-hydrogen) atoms. The van der Waals surface area contributed by atoms with E-state index in [0.717, 1.165) is 83.0 Å². The molecule has 1 aromatic heterocycles. The first-order valence-corrected chi connectivity index (χ1v) is 14.4. The molecule has 0 atom stereocenters. The Hall–Kier alpha value is -3.46. The number of carboxylic acid groups (broad SMARTS) is 1. The number of pyridine rings is 1. The molecule has 5 nitrogen and oxygen atoms in total. The van der Waals surface area contributed by atoms with Crippen molar-refractivity contribution in [1.82, 2.24) is 9.88 Å². The summed E-state index contributed by atoms with van der Waals surface area (Å²) in [7, 11) is 0. The Morgan fingerprint density at radius 1 is 1.00 bits per heavy atom. The minimum Gasteiger partial charge on any atom is -0.481 e. The van der Waals surface area contributed by atoms with Gasteiger partial charge in [-0.25, -0.2) is 4.39 Å². The van der Waals surface area contributed by atoms with Crippen LogP contribution < -0.4 is 4.90 Å². The molecule has 1 fully saturated rings. The predicted molar refractivity (Wildman–Crippen MR) is 155 cm³/mol. The highest BCUT2D eigenvalue weighted by atomic mass is 19.4. The van der Waals surface area contributed by atoms with Crippen LogP contribution in [0.2, 0.25) is 0 Å². The van der Waals surface area contributed by atoms with Crippen molar-refractivity contribution in [3.8, 4) is 11.1 Å². The Bertz CT molecular complexity index is 1510. The number of piperidine rings is 1. The molecule has 0 amide bonds. The Balaban J connectivity index is 1.46. The highest BCUT2D eigenvalue weighted by Gasteiger charge is 2.34. The number of rotatable bonds is 6. The molecule has 0 radical (unpaired) electrons. The zero-order valence-electron chi connectivity index (χ0n) is 24.5. The van der Waals surface area contributed by atoms with Gasteiger partial charge in [0.25, 0.3) is 0 Å². The minimum atomic E-state index is -4.73. The summed E-state index contributed by atoms with van der Waals surface area (Å²) in [4.78, 5) is 21.1. The molecule has 1 N–H and O–H groups in total. The number of aromatic nitrogens is 1. The Morgan fingerprint density at radius 2 is 1.71 bits per heavy atom. The lowest BCUT2D eigenvalue weighted by Gasteiger charge is -2.40. The smallest absolute Gasteiger partial charge is 0.419 e. The topological polar surface area (TPSA) is 56.7 Å². The summed E-state index contributed by atoms with van der Waals surface area (Å²) in [6.45, 7) is 11.6. The third-order valence-electron chi connectivity index (χ3n) is 8.75. The lowest BCUT2D eigenvalue weighted by Crippen LogP contribution is -2.38. The Labute approximate surface area is 244 Å². The molecule has 2 aliphatic rings. The summed E-state index contributed by atoms with van der Waals surface area (Å²) in [6, 6.07) is 9.46. The molecule has 2 aromatic carbocycles. The molecular weight excluding hydrogens is 546 g/mol. The summed E-state index contributed by atoms with van der Waals surface area (Å²) in [5.41, 5.74) is 6.94. The van der Waals surface area contributed by atoms with E-state index in [0.29, 0.717) is 31.6 Å². The maximum Gasteiger partial charge on any atom is 0.419 e. The molecule has 5 rings (SSSR count). The van der Waals surface area contributed by atoms with E-state index in [9.17, 15) is 27.5 Å². The van der Waals surface area contributed by atoms with Crippen LogP contribution in [0, 0.1) is 25.1 Å². The number of aryl methyl sites for hydroxylation is 2. The monoisotopic (exact) mass is 583 g/mol. The molecule has 0 spiro atoms. The first kappa shape index (κ1) is 30.0. The first-order valence-electron chi connectivity index (χ1n) is 14.4. The average molecular weight is 584 g/mol. The van der Waals surface area contributed by atoms with Crippen molar-refractivity contribution in [3.63, 3.8) is 0 Å². The van der Waals surface area contributed by atoms with E-state index in [4.69, 9.17) is 4.98 Å². The molecule has 0 bridgehead atoms. The van der Waals surface area contributed by atoms with Crippen LogP contribution in [0.25, 0.3) is 11.1 Å². The fourth-order valence-electron chi connectivity index (χ4n) is 6.31. The number of benzene rings is 2. The Kier molecular flexibility index (Phi) is 8.09. The third-order valence-corrected chi connectivity index (χ3v) is 8.75. The van der Waals surface area contributed by atoms with Crippen molar-refractivity contribution >= 4 is 11.7 Å². The van der Waals surface area contributed by atoms with E-state index >= 15 is 0 Å². The number of fused-ring (bicyclic) bond motifs is 1. The van der Waals surface area contributed by atoms with Gasteiger partial charge in [-0.2, -0.15) is 13.2 Å². The van der Waals surface area contributed by atoms with Gasteiger partial charge in [0, 0.05) is 55.2 Å². The second-order valence-corrected chi connectivity index (χ2v) is 12.5. The minimum absolute atomic E-state index is 0.0965. The first-order chi connectivity index (χ1) is 19.7. The van der Waals surface area contributed by atoms with Crippen LogP contribution >= 0.6 is 0 Å². The quantitative estimate of drug-likeness (QED) is 0.308. The maximum absolute atomic E-state index is 13.8. The lowest BCUT2D eigenvalue weighted by atomic mass is 9.82. The molecule has 3 aromatic rings. The summed E-state index contributed by atoms with van der Waals surface area (Å²) in [5.74, 6) is -2.15. The SMILES string of the molecule is Cc1nc(C)c(-c2ccc3c(c2)CCN(Cc2ccc(F)c(C(F)(F)F)c2)C3)c(N2CCC(C)(C)CC2)c1CC(=O)O. The highest BCUT2D eigenvalue weighted by Crippen LogP contribution is 2.42. The van der Waals surface area contributed by atoms with E-state index in [2.05, 4.69) is 35.8 Å². The van der Waals surface area contributed by atoms with Crippen LogP contribution in [0.4, 0.5) is 23.2 Å². The number of nitrogens with zero attached hydrogens (tertiary/aromatic N) is 3. The van der Waals surface area contributed by atoms with Crippen molar-refractivity contribution in [2.45, 2.75) is 72.6 Å². The van der Waals surface area contributed by atoms with Crippen LogP contribution in [0.15, 0.2) is 36.4 Å². The summed E-state index contributed by atoms with van der Waals surface area (Å²) in [6.07, 6.45) is -2.10. The Morgan fingerprint density at radius 3 is 2.38 bits per heavy atom. The number of carbonyl (C=O) groups is 1. The van der Waals surface area contributed by atoms with Gasteiger partial charge in [0.15, 0.2) is 0 Å². The molecule has 9 heteroatoms. The molecule has 0 aliphatic carbocycles. The molecule has 0 unspecified atom stereocenters. The van der Waals surface area contributed by atoms with Crippen LogP contribution in [0.1, 0.15) is 65.9 Å². The number of alkyl halides is 3. The second kappa shape index (κ2) is 11.3. The van der Waals surface area contributed by atoms with Crippen LogP contribution in [-0.4, -0.2) is 40.6 Å². The van der Waals surface area contributed by atoms with Gasteiger partial charge in [0.2, 0.25) is 0 Å². The molecular formula is C33H37F4N3O2. The van der Waals surface area contributed by atoms with Gasteiger partial charge < -0.3 is 10.0 Å². The van der Waals surface area contributed by atoms with Gasteiger partial charge in [0.1, 0.15) is 5.82 Å². The number of hydrogen-bond acceptors (Lipinski definition) is 4. The van der Waals surface area contributed by atoms with E-state index in [1.807, 2.05) is 19.9 Å². The fraction of sp³-hybridized carbons (Fsp3) is 0.455. The normalized spacial score (nSPS) is 17.3. The number of anilines is 1. The van der Waals surface area contributed by atoms with Gasteiger partial charge in [0.05, 0.1) is 17.7 Å². The van der Waals surface area contributed by atoms with Crippen LogP contribution in [-0.2, 0) is 36.9 Å². The maximum atomic E-state index is 13.8. The second-order valence-electron chi connectivity index (χ2n) is 12.5. The van der Waals surface area contributed by atoms with Gasteiger partial charge >= 0.3 is 12.1 Å². The molecule has 1 saturated heterocycles. The zero-order chi connectivity index (χ0) is 30.4. The van der Waals surface area contributed by atoms with E-state index < -0.39 is 23.5 Å². The fourth-order valence-corrected chi connectivity index (χ4v) is 6.31. The number of carboxylic acids is 1. The van der Waals surface area contributed by atoms with Crippen molar-refractivity contribution in [2.24, 2.45) is 5.41 Å². The largest absolute Gasteiger partial charge is 0.481 e. The van der Waals surface area contributed by atoms with Crippen molar-refractivity contribution in [3.05, 3.63) is 81.4 Å². The molecule has 0 saturated carbocycles. The summed E-state index contributed by atoms with van der Waals surface area (Å²) < 4.78 is 53.4. The molecule has 2 aliphatic heterocycles. The number of aliphatic carboxylic acids is 1. The van der Waals surface area contributed by atoms with Gasteiger partial charge in [-0.05, 0) is 72.9 Å². The van der Waals surface area contributed by atoms with Crippen molar-refractivity contribution in [2.75, 3.05) is 24.5 Å². The van der Waals surface area contributed by atoms with Crippen molar-refractivity contribution < 1.29 is 27.5 Å². The zero-order valence-corrected chi connectivity index (χ0v) is 24.5. The van der Waals surface area contributed by atoms with E-state index in [1.54, 1.807) is 0 Å². The van der Waals surface area contributed by atoms with Crippen LogP contribution in [0.3, 0.4) is 0 Å². The van der Waals surface area contributed by atoms with Crippen molar-refractivity contribution in [1.29, 1.82) is 0 Å². The molecule has 224 valence electrons. The standard InChI is InChI=1S/C33H37F4N3O2/c1-20-26(17-29(41)42)31(40-13-10-32(3,4)11-14-40)30(21(2)38-20)24-6-7-25-19-39(12-9-23(25)16-24)18-22-5-8-28(34)27(15-22)33(35,36)37/h5-8,15-16H,9-14,17-19H2,1-4H3,(H,41,42). The third kappa shape index (κ3) is 6.31. The van der Waals surface area contributed by atoms with E-state index in [1.165, 1.54) is 6.07 Å². The predicted octanol–water partition coefficient (Wildman–Crippen LogP) is 7.34. The van der Waals surface area contributed by atoms with Gasteiger partial charge in [-0.15, -0.1) is 0 Å². The highest BCUT2D eigenvalue weighted by molar-refractivity contribution is 5.86. The number of halogens is 4. The summed E-state index contributed by atoms with van der Waals surface area (Å²) >= 11 is 0. The molecule has 3 heterocycles. The van der Waals surface area contributed by atoms with Crippen LogP contribution in [0.5, 0.6) is 0 Å². The average Bonchev–Trinajstić information content (AvgIpc) is 2.90. The van der Waals surface area contributed by atoms with Gasteiger partial charge in [-0.3, -0.25) is 14.7 Å². The van der Waals surface area contributed by atoms with Gasteiger partial charge in [-0.1, -0.05) is 38.1 Å².